The number of carbonyl (C=O) groups excluding carboxylic acids is 2. The Balaban J connectivity index is 1.97. The number of ether oxygens (including phenoxy) is 1. The molecule has 0 aromatic heterocycles. The molecule has 5 nitrogen and oxygen atoms in total. The van der Waals surface area contributed by atoms with E-state index in [9.17, 15) is 14.9 Å². The lowest BCUT2D eigenvalue weighted by molar-refractivity contribution is -0.125. The van der Waals surface area contributed by atoms with Crippen LogP contribution < -0.4 is 5.32 Å². The normalized spacial score (nSPS) is 16.1. The Morgan fingerprint density at radius 1 is 1.17 bits per heavy atom. The van der Waals surface area contributed by atoms with Gasteiger partial charge in [-0.2, -0.15) is 5.26 Å². The first kappa shape index (κ1) is 18.0. The largest absolute Gasteiger partial charge is 0.452 e. The fraction of sp³-hybridized carbons (Fsp3) is 0.526. The van der Waals surface area contributed by atoms with E-state index in [0.29, 0.717) is 18.4 Å². The van der Waals surface area contributed by atoms with Crippen molar-refractivity contribution in [2.45, 2.75) is 58.4 Å². The van der Waals surface area contributed by atoms with Crippen molar-refractivity contribution in [2.75, 3.05) is 6.61 Å². The highest BCUT2D eigenvalue weighted by Crippen LogP contribution is 2.27. The highest BCUT2D eigenvalue weighted by atomic mass is 16.5. The fourth-order valence-electron chi connectivity index (χ4n) is 3.43. The van der Waals surface area contributed by atoms with Gasteiger partial charge in [-0.1, -0.05) is 37.0 Å². The SMILES string of the molecule is Cc1cc(C)c(C(=O)OCC(=O)NC2(C#N)CCCCC2)c(C)c1. The van der Waals surface area contributed by atoms with Gasteiger partial charge in [-0.05, 0) is 44.7 Å². The van der Waals surface area contributed by atoms with Crippen molar-refractivity contribution >= 4 is 11.9 Å². The molecule has 1 aliphatic carbocycles. The Labute approximate surface area is 143 Å². The van der Waals surface area contributed by atoms with Crippen molar-refractivity contribution < 1.29 is 14.3 Å². The van der Waals surface area contributed by atoms with Crippen molar-refractivity contribution in [3.05, 3.63) is 34.4 Å². The molecule has 1 aromatic rings. The molecule has 128 valence electrons. The summed E-state index contributed by atoms with van der Waals surface area (Å²) in [6.45, 7) is 5.30. The van der Waals surface area contributed by atoms with Crippen LogP contribution in [-0.4, -0.2) is 24.0 Å². The standard InChI is InChI=1S/C19H24N2O3/c1-13-9-14(2)17(15(3)10-13)18(23)24-11-16(22)21-19(12-20)7-5-4-6-8-19/h9-10H,4-8,11H2,1-3H3,(H,21,22). The van der Waals surface area contributed by atoms with Crippen LogP contribution in [0.2, 0.25) is 0 Å². The highest BCUT2D eigenvalue weighted by molar-refractivity contribution is 5.94. The maximum Gasteiger partial charge on any atom is 0.339 e. The van der Waals surface area contributed by atoms with Crippen molar-refractivity contribution in [3.8, 4) is 6.07 Å². The van der Waals surface area contributed by atoms with Crippen LogP contribution in [0.4, 0.5) is 0 Å². The molecule has 2 rings (SSSR count). The van der Waals surface area contributed by atoms with E-state index in [4.69, 9.17) is 4.74 Å². The van der Waals surface area contributed by atoms with E-state index in [1.165, 1.54) is 0 Å². The van der Waals surface area contributed by atoms with Crippen LogP contribution in [-0.2, 0) is 9.53 Å². The second-order valence-electron chi connectivity index (χ2n) is 6.65. The van der Waals surface area contributed by atoms with Gasteiger partial charge in [-0.3, -0.25) is 4.79 Å². The molecule has 1 N–H and O–H groups in total. The minimum absolute atomic E-state index is 0.366. The van der Waals surface area contributed by atoms with Crippen LogP contribution in [0.25, 0.3) is 0 Å². The predicted molar refractivity (Wildman–Crippen MR) is 90.5 cm³/mol. The Morgan fingerprint density at radius 2 is 1.75 bits per heavy atom. The second-order valence-corrected chi connectivity index (χ2v) is 6.65. The third kappa shape index (κ3) is 4.14. The van der Waals surface area contributed by atoms with E-state index in [1.54, 1.807) is 0 Å². The van der Waals surface area contributed by atoms with Gasteiger partial charge in [0.2, 0.25) is 0 Å². The van der Waals surface area contributed by atoms with E-state index in [-0.39, 0.29) is 6.61 Å². The highest BCUT2D eigenvalue weighted by Gasteiger charge is 2.33. The molecule has 1 aliphatic rings. The van der Waals surface area contributed by atoms with E-state index in [1.807, 2.05) is 32.9 Å². The smallest absolute Gasteiger partial charge is 0.339 e. The number of hydrogen-bond donors (Lipinski definition) is 1. The summed E-state index contributed by atoms with van der Waals surface area (Å²) in [5.74, 6) is -0.927. The third-order valence-electron chi connectivity index (χ3n) is 4.52. The molecule has 0 aliphatic heterocycles. The summed E-state index contributed by atoms with van der Waals surface area (Å²) < 4.78 is 5.16. The molecule has 24 heavy (non-hydrogen) atoms. The lowest BCUT2D eigenvalue weighted by Crippen LogP contribution is -2.50. The van der Waals surface area contributed by atoms with Crippen LogP contribution in [0.1, 0.15) is 59.2 Å². The number of hydrogen-bond acceptors (Lipinski definition) is 4. The summed E-state index contributed by atoms with van der Waals surface area (Å²) in [6, 6.07) is 6.05. The van der Waals surface area contributed by atoms with Crippen molar-refractivity contribution in [1.29, 1.82) is 5.26 Å². The minimum Gasteiger partial charge on any atom is -0.452 e. The number of rotatable bonds is 4. The van der Waals surface area contributed by atoms with Gasteiger partial charge in [-0.15, -0.1) is 0 Å². The summed E-state index contributed by atoms with van der Waals surface area (Å²) in [5, 5.41) is 12.1. The van der Waals surface area contributed by atoms with E-state index in [0.717, 1.165) is 36.0 Å². The van der Waals surface area contributed by atoms with E-state index in [2.05, 4.69) is 11.4 Å². The van der Waals surface area contributed by atoms with Crippen LogP contribution in [0.15, 0.2) is 12.1 Å². The van der Waals surface area contributed by atoms with Gasteiger partial charge in [0, 0.05) is 0 Å². The number of esters is 1. The Kier molecular flexibility index (Phi) is 5.61. The van der Waals surface area contributed by atoms with E-state index >= 15 is 0 Å². The van der Waals surface area contributed by atoms with Crippen molar-refractivity contribution in [2.24, 2.45) is 0 Å². The fourth-order valence-corrected chi connectivity index (χ4v) is 3.43. The Bertz CT molecular complexity index is 659. The molecule has 0 bridgehead atoms. The Hall–Kier alpha value is -2.35. The van der Waals surface area contributed by atoms with Crippen LogP contribution in [0, 0.1) is 32.1 Å². The van der Waals surface area contributed by atoms with Gasteiger partial charge in [0.1, 0.15) is 5.54 Å². The van der Waals surface area contributed by atoms with Crippen LogP contribution >= 0.6 is 0 Å². The first-order valence-electron chi connectivity index (χ1n) is 8.34. The lowest BCUT2D eigenvalue weighted by atomic mass is 9.83. The molecule has 1 saturated carbocycles. The molecular weight excluding hydrogens is 304 g/mol. The average molecular weight is 328 g/mol. The van der Waals surface area contributed by atoms with Crippen LogP contribution in [0.3, 0.4) is 0 Å². The lowest BCUT2D eigenvalue weighted by Gasteiger charge is -2.31. The maximum absolute atomic E-state index is 12.3. The molecule has 1 amide bonds. The number of nitriles is 1. The van der Waals surface area contributed by atoms with E-state index < -0.39 is 17.4 Å². The van der Waals surface area contributed by atoms with Gasteiger partial charge in [0.25, 0.3) is 5.91 Å². The van der Waals surface area contributed by atoms with Crippen LogP contribution in [0.5, 0.6) is 0 Å². The summed E-state index contributed by atoms with van der Waals surface area (Å²) in [7, 11) is 0. The third-order valence-corrected chi connectivity index (χ3v) is 4.52. The second kappa shape index (κ2) is 7.48. The molecule has 1 aromatic carbocycles. The Morgan fingerprint density at radius 3 is 2.29 bits per heavy atom. The summed E-state index contributed by atoms with van der Waals surface area (Å²) in [6.07, 6.45) is 4.24. The minimum atomic E-state index is -0.808. The molecule has 1 fully saturated rings. The summed E-state index contributed by atoms with van der Waals surface area (Å²) in [4.78, 5) is 24.4. The van der Waals surface area contributed by atoms with Gasteiger partial charge in [0.05, 0.1) is 11.6 Å². The maximum atomic E-state index is 12.3. The summed E-state index contributed by atoms with van der Waals surface area (Å²) in [5.41, 5.74) is 2.43. The zero-order chi connectivity index (χ0) is 17.7. The topological polar surface area (TPSA) is 79.2 Å². The predicted octanol–water partition coefficient (Wildman–Crippen LogP) is 3.11. The zero-order valence-electron chi connectivity index (χ0n) is 14.6. The molecule has 0 spiro atoms. The number of nitrogens with one attached hydrogen (secondary N) is 1. The number of nitrogens with zero attached hydrogens (tertiary/aromatic N) is 1. The summed E-state index contributed by atoms with van der Waals surface area (Å²) >= 11 is 0. The monoisotopic (exact) mass is 328 g/mol. The first-order valence-corrected chi connectivity index (χ1v) is 8.34. The number of carbonyl (C=O) groups is 2. The number of aryl methyl sites for hydroxylation is 3. The van der Waals surface area contributed by atoms with Crippen molar-refractivity contribution in [3.63, 3.8) is 0 Å². The van der Waals surface area contributed by atoms with Gasteiger partial charge in [0.15, 0.2) is 6.61 Å². The molecule has 0 radical (unpaired) electrons. The first-order chi connectivity index (χ1) is 11.4. The zero-order valence-corrected chi connectivity index (χ0v) is 14.6. The molecule has 0 saturated heterocycles. The van der Waals surface area contributed by atoms with Gasteiger partial charge in [-0.25, -0.2) is 4.79 Å². The van der Waals surface area contributed by atoms with Crippen molar-refractivity contribution in [1.82, 2.24) is 5.32 Å². The molecule has 0 unspecified atom stereocenters. The molecular formula is C19H24N2O3. The molecule has 0 atom stereocenters. The molecule has 5 heteroatoms. The average Bonchev–Trinajstić information content (AvgIpc) is 2.53. The number of benzene rings is 1. The van der Waals surface area contributed by atoms with Gasteiger partial charge >= 0.3 is 5.97 Å². The quantitative estimate of drug-likeness (QED) is 0.861. The number of amides is 1. The van der Waals surface area contributed by atoms with Gasteiger partial charge < -0.3 is 10.1 Å². The molecule has 0 heterocycles.